The minimum absolute atomic E-state index is 0.704. The molecule has 53 heavy (non-hydrogen) atoms. The Kier molecular flexibility index (Phi) is 11.8. The monoisotopic (exact) mass is 699 g/mol. The highest BCUT2D eigenvalue weighted by Gasteiger charge is 2.13. The summed E-state index contributed by atoms with van der Waals surface area (Å²) in [6, 6.07) is 44.2. The van der Waals surface area contributed by atoms with E-state index in [1.807, 2.05) is 24.3 Å². The van der Waals surface area contributed by atoms with Gasteiger partial charge in [0, 0.05) is 17.1 Å². The first-order valence-corrected chi connectivity index (χ1v) is 17.5. The van der Waals surface area contributed by atoms with Crippen molar-refractivity contribution >= 4 is 53.5 Å². The van der Waals surface area contributed by atoms with Gasteiger partial charge in [0.1, 0.15) is 11.5 Å². The zero-order valence-corrected chi connectivity index (χ0v) is 31.2. The maximum absolute atomic E-state index is 5.51. The molecule has 5 nitrogen and oxygen atoms in total. The topological polar surface area (TPSA) is 40.2 Å². The number of ether oxygens (including phenoxy) is 4. The molecule has 0 bridgehead atoms. The molecule has 0 atom stereocenters. The first-order chi connectivity index (χ1) is 25.9. The molecule has 0 radical (unpaired) electrons. The molecule has 0 amide bonds. The molecule has 6 rings (SSSR count). The van der Waals surface area contributed by atoms with Gasteiger partial charge in [-0.3, -0.25) is 0 Å². The van der Waals surface area contributed by atoms with E-state index in [0.717, 1.165) is 73.1 Å². The van der Waals surface area contributed by atoms with Crippen molar-refractivity contribution in [3.63, 3.8) is 0 Å². The smallest absolute Gasteiger partial charge is 0.161 e. The summed E-state index contributed by atoms with van der Waals surface area (Å²) in [5.74, 6) is 3.19. The van der Waals surface area contributed by atoms with E-state index >= 15 is 0 Å². The number of benzene rings is 6. The zero-order chi connectivity index (χ0) is 37.2. The number of aryl methyl sites for hydroxylation is 2. The van der Waals surface area contributed by atoms with E-state index in [0.29, 0.717) is 11.5 Å². The van der Waals surface area contributed by atoms with Crippen LogP contribution in [0.4, 0.5) is 17.1 Å². The standard InChI is InChI=1S/C48H45NO4/c1-34-7-8-40(32-47(34)52-5)13-10-37-17-25-43(26-18-37)49(42-23-15-36(16-24-42)9-12-39-21-29-45(50-3)35(2)31-39)44-27-19-38(20-28-44)11-14-41-22-30-46(51-4)48(33-41)53-6/h7-33H,1-6H3. The van der Waals surface area contributed by atoms with Crippen LogP contribution in [0.25, 0.3) is 36.5 Å². The van der Waals surface area contributed by atoms with Gasteiger partial charge in [-0.25, -0.2) is 0 Å². The summed E-state index contributed by atoms with van der Waals surface area (Å²) in [6.45, 7) is 4.11. The van der Waals surface area contributed by atoms with Crippen LogP contribution in [0.2, 0.25) is 0 Å². The average Bonchev–Trinajstić information content (AvgIpc) is 3.20. The van der Waals surface area contributed by atoms with Gasteiger partial charge in [-0.05, 0) is 125 Å². The molecule has 0 aliphatic heterocycles. The first-order valence-electron chi connectivity index (χ1n) is 17.5. The van der Waals surface area contributed by atoms with Crippen LogP contribution in [0.5, 0.6) is 23.0 Å². The lowest BCUT2D eigenvalue weighted by molar-refractivity contribution is 0.355. The van der Waals surface area contributed by atoms with E-state index < -0.39 is 0 Å². The molecule has 6 aromatic rings. The number of anilines is 3. The molecule has 266 valence electrons. The van der Waals surface area contributed by atoms with Crippen molar-refractivity contribution in [2.24, 2.45) is 0 Å². The Morgan fingerprint density at radius 2 is 0.660 bits per heavy atom. The fourth-order valence-electron chi connectivity index (χ4n) is 6.13. The summed E-state index contributed by atoms with van der Waals surface area (Å²) in [4.78, 5) is 2.28. The average molecular weight is 700 g/mol. The minimum Gasteiger partial charge on any atom is -0.496 e. The number of rotatable bonds is 13. The largest absolute Gasteiger partial charge is 0.496 e. The highest BCUT2D eigenvalue weighted by atomic mass is 16.5. The van der Waals surface area contributed by atoms with Crippen molar-refractivity contribution in [1.82, 2.24) is 0 Å². The summed E-state index contributed by atoms with van der Waals surface area (Å²) in [7, 11) is 6.70. The summed E-state index contributed by atoms with van der Waals surface area (Å²) in [6.07, 6.45) is 12.7. The molecule has 0 fully saturated rings. The molecule has 5 heteroatoms. The summed E-state index contributed by atoms with van der Waals surface area (Å²) in [5, 5.41) is 0. The summed E-state index contributed by atoms with van der Waals surface area (Å²) in [5.41, 5.74) is 12.0. The molecule has 0 spiro atoms. The lowest BCUT2D eigenvalue weighted by Crippen LogP contribution is -2.09. The number of hydrogen-bond acceptors (Lipinski definition) is 5. The van der Waals surface area contributed by atoms with Gasteiger partial charge in [0.15, 0.2) is 11.5 Å². The van der Waals surface area contributed by atoms with Gasteiger partial charge in [-0.15, -0.1) is 0 Å². The van der Waals surface area contributed by atoms with Gasteiger partial charge in [0.05, 0.1) is 28.4 Å². The van der Waals surface area contributed by atoms with Gasteiger partial charge >= 0.3 is 0 Å². The highest BCUT2D eigenvalue weighted by Crippen LogP contribution is 2.36. The van der Waals surface area contributed by atoms with Crippen molar-refractivity contribution in [2.45, 2.75) is 13.8 Å². The Morgan fingerprint density at radius 3 is 1.08 bits per heavy atom. The van der Waals surface area contributed by atoms with Crippen LogP contribution >= 0.6 is 0 Å². The van der Waals surface area contributed by atoms with E-state index in [9.17, 15) is 0 Å². The van der Waals surface area contributed by atoms with Crippen molar-refractivity contribution in [1.29, 1.82) is 0 Å². The fourth-order valence-corrected chi connectivity index (χ4v) is 6.13. The fraction of sp³-hybridized carbons (Fsp3) is 0.125. The van der Waals surface area contributed by atoms with Gasteiger partial charge < -0.3 is 23.8 Å². The van der Waals surface area contributed by atoms with E-state index in [2.05, 4.69) is 158 Å². The molecule has 0 heterocycles. The van der Waals surface area contributed by atoms with E-state index in [4.69, 9.17) is 18.9 Å². The van der Waals surface area contributed by atoms with E-state index in [1.54, 1.807) is 28.4 Å². The SMILES string of the molecule is COc1ccc(C=Cc2ccc(N(c3ccc(C=Cc4ccc(C)c(OC)c4)cc3)c3ccc(C=Cc4ccc(OC)c(OC)c4)cc3)cc2)cc1C. The van der Waals surface area contributed by atoms with Crippen molar-refractivity contribution in [2.75, 3.05) is 33.3 Å². The molecule has 0 unspecified atom stereocenters. The zero-order valence-electron chi connectivity index (χ0n) is 31.2. The lowest BCUT2D eigenvalue weighted by atomic mass is 10.1. The van der Waals surface area contributed by atoms with Gasteiger partial charge in [0.25, 0.3) is 0 Å². The molecule has 6 aromatic carbocycles. The van der Waals surface area contributed by atoms with Crippen LogP contribution in [0.15, 0.2) is 127 Å². The van der Waals surface area contributed by atoms with Crippen molar-refractivity contribution in [3.8, 4) is 23.0 Å². The molecule has 0 aliphatic carbocycles. The Bertz CT molecular complexity index is 2230. The second-order valence-electron chi connectivity index (χ2n) is 12.7. The Morgan fingerprint density at radius 1 is 0.321 bits per heavy atom. The Balaban J connectivity index is 1.27. The molecule has 0 saturated carbocycles. The summed E-state index contributed by atoms with van der Waals surface area (Å²) >= 11 is 0. The molecule has 0 saturated heterocycles. The third kappa shape index (κ3) is 9.07. The highest BCUT2D eigenvalue weighted by molar-refractivity contribution is 5.81. The maximum atomic E-state index is 5.51. The van der Waals surface area contributed by atoms with Crippen molar-refractivity contribution in [3.05, 3.63) is 172 Å². The second-order valence-corrected chi connectivity index (χ2v) is 12.7. The quantitative estimate of drug-likeness (QED) is 0.112. The van der Waals surface area contributed by atoms with Gasteiger partial charge in [-0.1, -0.05) is 97.1 Å². The van der Waals surface area contributed by atoms with E-state index in [-0.39, 0.29) is 0 Å². The van der Waals surface area contributed by atoms with Crippen LogP contribution in [0, 0.1) is 13.8 Å². The number of hydrogen-bond donors (Lipinski definition) is 0. The number of methoxy groups -OCH3 is 4. The second kappa shape index (κ2) is 17.2. The first kappa shape index (κ1) is 36.3. The third-order valence-electron chi connectivity index (χ3n) is 9.12. The van der Waals surface area contributed by atoms with Crippen LogP contribution in [0.3, 0.4) is 0 Å². The number of nitrogens with zero attached hydrogens (tertiary/aromatic N) is 1. The summed E-state index contributed by atoms with van der Waals surface area (Å²) < 4.78 is 21.8. The molecular weight excluding hydrogens is 655 g/mol. The molecular formula is C48H45NO4. The predicted octanol–water partition coefficient (Wildman–Crippen LogP) is 12.3. The maximum Gasteiger partial charge on any atom is 0.161 e. The van der Waals surface area contributed by atoms with Crippen LogP contribution in [-0.4, -0.2) is 28.4 Å². The molecule has 0 N–H and O–H groups in total. The van der Waals surface area contributed by atoms with Crippen LogP contribution in [-0.2, 0) is 0 Å². The van der Waals surface area contributed by atoms with Crippen molar-refractivity contribution < 1.29 is 18.9 Å². The third-order valence-corrected chi connectivity index (χ3v) is 9.12. The Hall–Kier alpha value is -6.46. The Labute approximate surface area is 313 Å². The lowest BCUT2D eigenvalue weighted by Gasteiger charge is -2.26. The van der Waals surface area contributed by atoms with Gasteiger partial charge in [0.2, 0.25) is 0 Å². The van der Waals surface area contributed by atoms with E-state index in [1.165, 1.54) is 0 Å². The molecule has 0 aliphatic rings. The minimum atomic E-state index is 0.704. The van der Waals surface area contributed by atoms with Crippen LogP contribution < -0.4 is 23.8 Å². The van der Waals surface area contributed by atoms with Gasteiger partial charge in [-0.2, -0.15) is 0 Å². The van der Waals surface area contributed by atoms with Crippen LogP contribution in [0.1, 0.15) is 44.5 Å². The molecule has 0 aromatic heterocycles. The normalized spacial score (nSPS) is 11.4. The predicted molar refractivity (Wildman–Crippen MR) is 223 cm³/mol.